The molecule has 1 aromatic carbocycles. The predicted octanol–water partition coefficient (Wildman–Crippen LogP) is 1.40. The van der Waals surface area contributed by atoms with E-state index in [0.717, 1.165) is 6.26 Å². The van der Waals surface area contributed by atoms with Crippen LogP contribution in [0.3, 0.4) is 0 Å². The average molecular weight is 235 g/mol. The fraction of sp³-hybridized carbons (Fsp3) is 0.125. The van der Waals surface area contributed by atoms with Gasteiger partial charge in [0.05, 0.1) is 10.5 Å². The Labute approximate surface area is 86.5 Å². The zero-order valence-corrected chi connectivity index (χ0v) is 8.80. The zero-order valence-electron chi connectivity index (χ0n) is 7.23. The molecule has 0 heterocycles. The van der Waals surface area contributed by atoms with Crippen molar-refractivity contribution in [2.24, 2.45) is 0 Å². The van der Waals surface area contributed by atoms with Crippen LogP contribution in [0.25, 0.3) is 0 Å². The van der Waals surface area contributed by atoms with Gasteiger partial charge in [-0.15, -0.1) is 0 Å². The van der Waals surface area contributed by atoms with Crippen molar-refractivity contribution in [2.75, 3.05) is 6.26 Å². The third-order valence-electron chi connectivity index (χ3n) is 1.59. The minimum Gasteiger partial charge on any atom is -0.343 e. The molecule has 6 heteroatoms. The molecule has 4 nitrogen and oxygen atoms in total. The third-order valence-corrected chi connectivity index (χ3v) is 2.86. The van der Waals surface area contributed by atoms with Crippen LogP contribution in [0, 0.1) is 0 Å². The fourth-order valence-electron chi connectivity index (χ4n) is 0.883. The van der Waals surface area contributed by atoms with E-state index in [2.05, 4.69) is 4.29 Å². The van der Waals surface area contributed by atoms with Crippen molar-refractivity contribution in [1.82, 2.24) is 0 Å². The molecule has 0 fully saturated rings. The van der Waals surface area contributed by atoms with Crippen LogP contribution < -0.4 is 0 Å². The number of rotatable bonds is 2. The molecule has 0 N–H and O–H groups in total. The number of hydrogen-bond donors (Lipinski definition) is 0. The Morgan fingerprint density at radius 2 is 1.79 bits per heavy atom. The molecule has 0 unspecified atom stereocenters. The minimum atomic E-state index is -3.24. The van der Waals surface area contributed by atoms with Crippen molar-refractivity contribution in [3.8, 4) is 0 Å². The van der Waals surface area contributed by atoms with Gasteiger partial charge < -0.3 is 4.29 Å². The predicted molar refractivity (Wildman–Crippen MR) is 50.8 cm³/mol. The number of sulfone groups is 1. The molecule has 0 bridgehead atoms. The zero-order chi connectivity index (χ0) is 10.8. The molecule has 0 spiro atoms. The lowest BCUT2D eigenvalue weighted by Gasteiger charge is -1.99. The Hall–Kier alpha value is -1.07. The first-order valence-corrected chi connectivity index (χ1v) is 5.78. The summed E-state index contributed by atoms with van der Waals surface area (Å²) in [7, 11) is -3.24. The second-order valence-electron chi connectivity index (χ2n) is 2.66. The topological polar surface area (TPSA) is 60.4 Å². The van der Waals surface area contributed by atoms with E-state index < -0.39 is 15.8 Å². The molecule has 0 saturated carbocycles. The van der Waals surface area contributed by atoms with Crippen molar-refractivity contribution in [3.63, 3.8) is 0 Å². The summed E-state index contributed by atoms with van der Waals surface area (Å²) in [4.78, 5) is 11.0. The van der Waals surface area contributed by atoms with E-state index >= 15 is 0 Å². The first kappa shape index (κ1) is 11.0. The highest BCUT2D eigenvalue weighted by molar-refractivity contribution is 7.90. The number of carbonyl (C=O) groups is 1. The van der Waals surface area contributed by atoms with Crippen LogP contribution in [0.15, 0.2) is 29.2 Å². The van der Waals surface area contributed by atoms with Gasteiger partial charge in [-0.2, -0.15) is 0 Å². The second-order valence-corrected chi connectivity index (χ2v) is 4.83. The lowest BCUT2D eigenvalue weighted by Crippen LogP contribution is -2.00. The first-order chi connectivity index (χ1) is 6.45. The summed E-state index contributed by atoms with van der Waals surface area (Å²) in [6.45, 7) is 0. The molecule has 0 amide bonds. The summed E-state index contributed by atoms with van der Waals surface area (Å²) >= 11 is 4.85. The molecule has 1 rings (SSSR count). The maximum Gasteiger partial charge on any atom is 0.356 e. The molecule has 0 aliphatic rings. The summed E-state index contributed by atoms with van der Waals surface area (Å²) < 4.78 is 26.0. The Morgan fingerprint density at radius 3 is 2.14 bits per heavy atom. The van der Waals surface area contributed by atoms with E-state index in [0.29, 0.717) is 0 Å². The molecule has 0 aromatic heterocycles. The summed E-state index contributed by atoms with van der Waals surface area (Å²) in [5.41, 5.74) is 0.201. The van der Waals surface area contributed by atoms with Crippen molar-refractivity contribution >= 4 is 27.7 Å². The highest BCUT2D eigenvalue weighted by atomic mass is 35.5. The number of benzene rings is 1. The molecule has 14 heavy (non-hydrogen) atoms. The molecular formula is C8H7ClO4S. The van der Waals surface area contributed by atoms with Gasteiger partial charge >= 0.3 is 5.97 Å². The highest BCUT2D eigenvalue weighted by Crippen LogP contribution is 2.11. The van der Waals surface area contributed by atoms with E-state index in [9.17, 15) is 13.2 Å². The van der Waals surface area contributed by atoms with Gasteiger partial charge in [-0.1, -0.05) is 0 Å². The normalized spacial score (nSPS) is 11.0. The lowest BCUT2D eigenvalue weighted by atomic mass is 10.2. The second kappa shape index (κ2) is 3.98. The molecule has 0 radical (unpaired) electrons. The molecule has 0 aliphatic heterocycles. The molecule has 0 aliphatic carbocycles. The summed E-state index contributed by atoms with van der Waals surface area (Å²) in [5, 5.41) is 0. The third kappa shape index (κ3) is 2.46. The summed E-state index contributed by atoms with van der Waals surface area (Å²) in [5.74, 6) is -0.716. The lowest BCUT2D eigenvalue weighted by molar-refractivity contribution is 0.0751. The van der Waals surface area contributed by atoms with E-state index in [4.69, 9.17) is 11.9 Å². The van der Waals surface area contributed by atoms with Gasteiger partial charge in [0.2, 0.25) is 0 Å². The molecular weight excluding hydrogens is 228 g/mol. The maximum absolute atomic E-state index is 11.0. The largest absolute Gasteiger partial charge is 0.356 e. The van der Waals surface area contributed by atoms with Gasteiger partial charge in [-0.3, -0.25) is 0 Å². The van der Waals surface area contributed by atoms with Gasteiger partial charge in [-0.25, -0.2) is 13.2 Å². The Morgan fingerprint density at radius 1 is 1.29 bits per heavy atom. The maximum atomic E-state index is 11.0. The van der Waals surface area contributed by atoms with Crippen LogP contribution in [0.2, 0.25) is 0 Å². The van der Waals surface area contributed by atoms with E-state index in [1.54, 1.807) is 0 Å². The number of hydrogen-bond acceptors (Lipinski definition) is 4. The van der Waals surface area contributed by atoms with Crippen molar-refractivity contribution < 1.29 is 17.5 Å². The van der Waals surface area contributed by atoms with Gasteiger partial charge in [-0.05, 0) is 24.3 Å². The average Bonchev–Trinajstić information content (AvgIpc) is 2.15. The highest BCUT2D eigenvalue weighted by Gasteiger charge is 2.10. The quantitative estimate of drug-likeness (QED) is 0.776. The fourth-order valence-corrected chi connectivity index (χ4v) is 1.60. The summed E-state index contributed by atoms with van der Waals surface area (Å²) in [6, 6.07) is 5.30. The van der Waals surface area contributed by atoms with Crippen molar-refractivity contribution in [3.05, 3.63) is 29.8 Å². The Balaban J connectivity index is 3.07. The van der Waals surface area contributed by atoms with Crippen LogP contribution in [0.4, 0.5) is 0 Å². The minimum absolute atomic E-state index is 0.142. The number of carbonyl (C=O) groups excluding carboxylic acids is 1. The van der Waals surface area contributed by atoms with E-state index in [1.165, 1.54) is 24.3 Å². The van der Waals surface area contributed by atoms with Crippen LogP contribution in [-0.2, 0) is 14.1 Å². The monoisotopic (exact) mass is 234 g/mol. The molecule has 0 atom stereocenters. The SMILES string of the molecule is CS(=O)(=O)c1ccc(C(=O)OCl)cc1. The first-order valence-electron chi connectivity index (χ1n) is 3.58. The van der Waals surface area contributed by atoms with Crippen LogP contribution in [0.1, 0.15) is 10.4 Å². The van der Waals surface area contributed by atoms with Crippen LogP contribution in [-0.4, -0.2) is 20.6 Å². The van der Waals surface area contributed by atoms with Gasteiger partial charge in [0.25, 0.3) is 0 Å². The number of halogens is 1. The molecule has 76 valence electrons. The van der Waals surface area contributed by atoms with Crippen LogP contribution in [0.5, 0.6) is 0 Å². The van der Waals surface area contributed by atoms with E-state index in [-0.39, 0.29) is 10.5 Å². The van der Waals surface area contributed by atoms with Crippen molar-refractivity contribution in [2.45, 2.75) is 4.90 Å². The molecule has 0 saturated heterocycles. The molecule has 1 aromatic rings. The standard InChI is InChI=1S/C8H7ClO4S/c1-14(11,12)7-4-2-6(3-5-7)8(10)13-9/h2-5H,1H3. The Bertz CT molecular complexity index is 435. The van der Waals surface area contributed by atoms with Gasteiger partial charge in [0.1, 0.15) is 11.9 Å². The van der Waals surface area contributed by atoms with E-state index in [1.807, 2.05) is 0 Å². The van der Waals surface area contributed by atoms with Crippen molar-refractivity contribution in [1.29, 1.82) is 0 Å². The van der Waals surface area contributed by atoms with Gasteiger partial charge in [0.15, 0.2) is 9.84 Å². The van der Waals surface area contributed by atoms with Gasteiger partial charge in [0, 0.05) is 6.26 Å². The Kier molecular flexibility index (Phi) is 3.13. The smallest absolute Gasteiger partial charge is 0.343 e. The van der Waals surface area contributed by atoms with Crippen LogP contribution >= 0.6 is 11.9 Å². The summed E-state index contributed by atoms with van der Waals surface area (Å²) in [6.07, 6.45) is 1.09.